The van der Waals surface area contributed by atoms with Crippen LogP contribution in [0.4, 0.5) is 5.69 Å². The third kappa shape index (κ3) is 3.81. The Kier molecular flexibility index (Phi) is 4.79. The van der Waals surface area contributed by atoms with Crippen molar-refractivity contribution in [3.05, 3.63) is 39.4 Å². The molecule has 18 heavy (non-hydrogen) atoms. The largest absolute Gasteiger partial charge is 0.282 e. The second kappa shape index (κ2) is 6.11. The van der Waals surface area contributed by atoms with Crippen molar-refractivity contribution in [3.63, 3.8) is 0 Å². The maximum absolute atomic E-state index is 11.8. The van der Waals surface area contributed by atoms with E-state index < -0.39 is 10.8 Å². The lowest BCUT2D eigenvalue weighted by molar-refractivity contribution is -0.385. The van der Waals surface area contributed by atoms with E-state index in [1.54, 1.807) is 13.0 Å². The molecule has 0 spiro atoms. The molecule has 1 N–H and O–H groups in total. The summed E-state index contributed by atoms with van der Waals surface area (Å²) >= 11 is 0. The Labute approximate surface area is 105 Å². The normalized spacial score (nSPS) is 10.4. The van der Waals surface area contributed by atoms with Crippen molar-refractivity contribution in [2.45, 2.75) is 20.8 Å². The van der Waals surface area contributed by atoms with Gasteiger partial charge >= 0.3 is 0 Å². The minimum Gasteiger partial charge on any atom is -0.273 e. The predicted molar refractivity (Wildman–Crippen MR) is 66.1 cm³/mol. The summed E-state index contributed by atoms with van der Waals surface area (Å²) in [6.45, 7) is 5.98. The Morgan fingerprint density at radius 3 is 2.72 bits per heavy atom. The molecule has 1 aromatic rings. The topological polar surface area (TPSA) is 81.5 Å². The Balaban J connectivity index is 2.84. The number of rotatable bonds is 5. The van der Waals surface area contributed by atoms with E-state index in [1.807, 2.05) is 13.8 Å². The average Bonchev–Trinajstić information content (AvgIpc) is 2.27. The van der Waals surface area contributed by atoms with Crippen LogP contribution in [0.5, 0.6) is 0 Å². The number of hydrogen-bond acceptors (Lipinski definition) is 4. The van der Waals surface area contributed by atoms with Crippen LogP contribution in [0.25, 0.3) is 0 Å². The Bertz CT molecular complexity index is 457. The van der Waals surface area contributed by atoms with Gasteiger partial charge in [0.15, 0.2) is 0 Å². The molecule has 0 aliphatic rings. The van der Waals surface area contributed by atoms with Crippen molar-refractivity contribution in [3.8, 4) is 0 Å². The van der Waals surface area contributed by atoms with Crippen molar-refractivity contribution in [1.82, 2.24) is 5.48 Å². The van der Waals surface area contributed by atoms with Gasteiger partial charge in [-0.15, -0.1) is 0 Å². The number of nitrogens with zero attached hydrogens (tertiary/aromatic N) is 1. The van der Waals surface area contributed by atoms with E-state index in [1.165, 1.54) is 12.1 Å². The Morgan fingerprint density at radius 1 is 1.50 bits per heavy atom. The lowest BCUT2D eigenvalue weighted by Gasteiger charge is -2.08. The number of nitro groups is 1. The van der Waals surface area contributed by atoms with Gasteiger partial charge < -0.3 is 0 Å². The van der Waals surface area contributed by atoms with E-state index in [-0.39, 0.29) is 17.2 Å². The highest BCUT2D eigenvalue weighted by Gasteiger charge is 2.20. The first-order chi connectivity index (χ1) is 8.41. The molecular formula is C12H16N2O4. The molecule has 1 rings (SSSR count). The van der Waals surface area contributed by atoms with E-state index >= 15 is 0 Å². The number of benzene rings is 1. The molecule has 0 aromatic heterocycles. The van der Waals surface area contributed by atoms with Gasteiger partial charge in [-0.05, 0) is 24.5 Å². The second-order valence-electron chi connectivity index (χ2n) is 4.41. The summed E-state index contributed by atoms with van der Waals surface area (Å²) in [6.07, 6.45) is 0. The van der Waals surface area contributed by atoms with E-state index in [0.29, 0.717) is 6.61 Å². The Morgan fingerprint density at radius 2 is 2.17 bits per heavy atom. The highest BCUT2D eigenvalue weighted by molar-refractivity contribution is 5.97. The standard InChI is InChI=1S/C12H16N2O4/c1-8(2)7-18-13-12(15)10-6-9(3)4-5-11(10)14(16)17/h4-6,8H,7H2,1-3H3,(H,13,15). The molecule has 0 aliphatic carbocycles. The smallest absolute Gasteiger partial charge is 0.273 e. The fourth-order valence-electron chi connectivity index (χ4n) is 1.32. The summed E-state index contributed by atoms with van der Waals surface area (Å²) < 4.78 is 0. The molecule has 0 fully saturated rings. The molecule has 0 aliphatic heterocycles. The zero-order valence-corrected chi connectivity index (χ0v) is 10.6. The molecule has 98 valence electrons. The molecule has 6 nitrogen and oxygen atoms in total. The van der Waals surface area contributed by atoms with Gasteiger partial charge in [0.2, 0.25) is 0 Å². The third-order valence-corrected chi connectivity index (χ3v) is 2.17. The van der Waals surface area contributed by atoms with Gasteiger partial charge in [-0.3, -0.25) is 19.7 Å². The highest BCUT2D eigenvalue weighted by atomic mass is 16.7. The Hall–Kier alpha value is -1.95. The van der Waals surface area contributed by atoms with Crippen molar-refractivity contribution in [2.24, 2.45) is 5.92 Å². The van der Waals surface area contributed by atoms with Gasteiger partial charge in [0.25, 0.3) is 11.6 Å². The molecule has 1 aromatic carbocycles. The first-order valence-electron chi connectivity index (χ1n) is 5.59. The molecule has 6 heteroatoms. The van der Waals surface area contributed by atoms with Crippen LogP contribution in [-0.4, -0.2) is 17.4 Å². The number of nitro benzene ring substituents is 1. The van der Waals surface area contributed by atoms with Crippen LogP contribution in [0.3, 0.4) is 0 Å². The lowest BCUT2D eigenvalue weighted by atomic mass is 10.1. The van der Waals surface area contributed by atoms with Crippen LogP contribution in [0.1, 0.15) is 29.8 Å². The van der Waals surface area contributed by atoms with Gasteiger partial charge in [0, 0.05) is 6.07 Å². The predicted octanol–water partition coefficient (Wildman–Crippen LogP) is 2.22. The summed E-state index contributed by atoms with van der Waals surface area (Å²) in [4.78, 5) is 26.9. The van der Waals surface area contributed by atoms with Crippen LogP contribution in [0.2, 0.25) is 0 Å². The minimum atomic E-state index is -0.606. The summed E-state index contributed by atoms with van der Waals surface area (Å²) in [6, 6.07) is 4.36. The summed E-state index contributed by atoms with van der Waals surface area (Å²) in [5, 5.41) is 10.8. The van der Waals surface area contributed by atoms with Crippen molar-refractivity contribution >= 4 is 11.6 Å². The van der Waals surface area contributed by atoms with Gasteiger partial charge in [0.1, 0.15) is 5.56 Å². The first-order valence-corrected chi connectivity index (χ1v) is 5.59. The maximum Gasteiger partial charge on any atom is 0.282 e. The van der Waals surface area contributed by atoms with Crippen LogP contribution in [0.15, 0.2) is 18.2 Å². The number of hydrogen-bond donors (Lipinski definition) is 1. The van der Waals surface area contributed by atoms with Gasteiger partial charge in [-0.2, -0.15) is 0 Å². The lowest BCUT2D eigenvalue weighted by Crippen LogP contribution is -2.26. The molecule has 0 heterocycles. The second-order valence-corrected chi connectivity index (χ2v) is 4.41. The summed E-state index contributed by atoms with van der Waals surface area (Å²) in [5.74, 6) is -0.344. The van der Waals surface area contributed by atoms with Crippen LogP contribution in [0, 0.1) is 23.0 Å². The fourth-order valence-corrected chi connectivity index (χ4v) is 1.32. The molecule has 0 saturated heterocycles. The van der Waals surface area contributed by atoms with Gasteiger partial charge in [-0.1, -0.05) is 19.9 Å². The average molecular weight is 252 g/mol. The molecule has 0 unspecified atom stereocenters. The van der Waals surface area contributed by atoms with E-state index in [4.69, 9.17) is 4.84 Å². The van der Waals surface area contributed by atoms with Crippen molar-refractivity contribution in [2.75, 3.05) is 6.61 Å². The van der Waals surface area contributed by atoms with Crippen LogP contribution >= 0.6 is 0 Å². The molecule has 0 bridgehead atoms. The minimum absolute atomic E-state index is 0.00348. The van der Waals surface area contributed by atoms with Crippen LogP contribution < -0.4 is 5.48 Å². The zero-order chi connectivity index (χ0) is 13.7. The van der Waals surface area contributed by atoms with Crippen LogP contribution in [-0.2, 0) is 4.84 Å². The maximum atomic E-state index is 11.8. The summed E-state index contributed by atoms with van der Waals surface area (Å²) in [7, 11) is 0. The molecule has 0 saturated carbocycles. The van der Waals surface area contributed by atoms with E-state index in [2.05, 4.69) is 5.48 Å². The number of carbonyl (C=O) groups is 1. The summed E-state index contributed by atoms with van der Waals surface area (Å²) in [5.41, 5.74) is 2.76. The third-order valence-electron chi connectivity index (χ3n) is 2.17. The SMILES string of the molecule is Cc1ccc([N+](=O)[O-])c(C(=O)NOCC(C)C)c1. The van der Waals surface area contributed by atoms with Crippen molar-refractivity contribution < 1.29 is 14.6 Å². The molecule has 0 radical (unpaired) electrons. The fraction of sp³-hybridized carbons (Fsp3) is 0.417. The monoisotopic (exact) mass is 252 g/mol. The number of amides is 1. The number of hydroxylamine groups is 1. The van der Waals surface area contributed by atoms with Gasteiger partial charge in [0.05, 0.1) is 11.5 Å². The van der Waals surface area contributed by atoms with E-state index in [0.717, 1.165) is 5.56 Å². The molecular weight excluding hydrogens is 236 g/mol. The number of aryl methyl sites for hydroxylation is 1. The first kappa shape index (κ1) is 14.1. The highest BCUT2D eigenvalue weighted by Crippen LogP contribution is 2.19. The van der Waals surface area contributed by atoms with Crippen molar-refractivity contribution in [1.29, 1.82) is 0 Å². The molecule has 0 atom stereocenters. The quantitative estimate of drug-likeness (QED) is 0.643. The molecule has 1 amide bonds. The number of nitrogens with one attached hydrogen (secondary N) is 1. The zero-order valence-electron chi connectivity index (χ0n) is 10.6. The number of carbonyl (C=O) groups excluding carboxylic acids is 1. The van der Waals surface area contributed by atoms with E-state index in [9.17, 15) is 14.9 Å². The van der Waals surface area contributed by atoms with Gasteiger partial charge in [-0.25, -0.2) is 5.48 Å².